The smallest absolute Gasteiger partial charge is 0.261 e. The first kappa shape index (κ1) is 18.3. The molecule has 0 fully saturated rings. The molecule has 4 rings (SSSR count). The van der Waals surface area contributed by atoms with Gasteiger partial charge in [-0.2, -0.15) is 0 Å². The third kappa shape index (κ3) is 3.41. The van der Waals surface area contributed by atoms with E-state index < -0.39 is 0 Å². The number of hydrogen-bond donors (Lipinski definition) is 0. The van der Waals surface area contributed by atoms with Gasteiger partial charge in [-0.25, -0.2) is 4.98 Å². The molecule has 0 saturated carbocycles. The van der Waals surface area contributed by atoms with E-state index in [-0.39, 0.29) is 11.8 Å². The van der Waals surface area contributed by atoms with Crippen LogP contribution in [-0.2, 0) is 0 Å². The zero-order valence-electron chi connectivity index (χ0n) is 15.4. The number of amides is 2. The van der Waals surface area contributed by atoms with Crippen LogP contribution in [0.15, 0.2) is 66.1 Å². The summed E-state index contributed by atoms with van der Waals surface area (Å²) in [5.41, 5.74) is 1.99. The summed E-state index contributed by atoms with van der Waals surface area (Å²) in [5.74, 6) is 1.15. The number of hydrogen-bond acceptors (Lipinski definition) is 5. The van der Waals surface area contributed by atoms with Gasteiger partial charge in [-0.05, 0) is 42.8 Å². The minimum absolute atomic E-state index is 0.203. The average Bonchev–Trinajstić information content (AvgIpc) is 3.30. The third-order valence-electron chi connectivity index (χ3n) is 4.59. The summed E-state index contributed by atoms with van der Waals surface area (Å²) in [6, 6.07) is 14.7. The molecule has 2 heterocycles. The monoisotopic (exact) mass is 393 g/mol. The van der Waals surface area contributed by atoms with Crippen LogP contribution in [0, 0.1) is 0 Å². The third-order valence-corrected chi connectivity index (χ3v) is 5.65. The SMILES string of the molecule is COc1ccc(-n2ccnc2SCCCN2C(=O)c3ccccc3C2=O)cc1. The number of aromatic nitrogens is 2. The summed E-state index contributed by atoms with van der Waals surface area (Å²) in [4.78, 5) is 30.5. The lowest BCUT2D eigenvalue weighted by Crippen LogP contribution is -2.31. The lowest BCUT2D eigenvalue weighted by atomic mass is 10.1. The number of carbonyl (C=O) groups excluding carboxylic acids is 2. The van der Waals surface area contributed by atoms with Crippen LogP contribution in [0.1, 0.15) is 27.1 Å². The Morgan fingerprint density at radius 1 is 1.00 bits per heavy atom. The van der Waals surface area contributed by atoms with Crippen LogP contribution >= 0.6 is 11.8 Å². The van der Waals surface area contributed by atoms with Crippen molar-refractivity contribution in [3.05, 3.63) is 72.1 Å². The zero-order valence-corrected chi connectivity index (χ0v) is 16.2. The fourth-order valence-electron chi connectivity index (χ4n) is 3.16. The summed E-state index contributed by atoms with van der Waals surface area (Å²) >= 11 is 1.60. The molecule has 0 atom stereocenters. The minimum Gasteiger partial charge on any atom is -0.497 e. The first-order chi connectivity index (χ1) is 13.7. The van der Waals surface area contributed by atoms with Crippen LogP contribution in [0.5, 0.6) is 5.75 Å². The molecule has 6 nitrogen and oxygen atoms in total. The summed E-state index contributed by atoms with van der Waals surface area (Å²) in [7, 11) is 1.64. The van der Waals surface area contributed by atoms with Crippen molar-refractivity contribution < 1.29 is 14.3 Å². The predicted molar refractivity (Wildman–Crippen MR) is 107 cm³/mol. The second-order valence-corrected chi connectivity index (χ2v) is 7.35. The Hall–Kier alpha value is -3.06. The molecule has 28 heavy (non-hydrogen) atoms. The number of nitrogens with zero attached hydrogens (tertiary/aromatic N) is 3. The van der Waals surface area contributed by atoms with E-state index in [1.807, 2.05) is 35.0 Å². The number of thioether (sulfide) groups is 1. The van der Waals surface area contributed by atoms with Gasteiger partial charge in [-0.1, -0.05) is 23.9 Å². The van der Waals surface area contributed by atoms with E-state index in [1.165, 1.54) is 4.90 Å². The Morgan fingerprint density at radius 2 is 1.68 bits per heavy atom. The Morgan fingerprint density at radius 3 is 2.32 bits per heavy atom. The Balaban J connectivity index is 1.35. The number of methoxy groups -OCH3 is 1. The van der Waals surface area contributed by atoms with E-state index in [9.17, 15) is 9.59 Å². The normalized spacial score (nSPS) is 13.1. The quantitative estimate of drug-likeness (QED) is 0.348. The molecule has 0 bridgehead atoms. The fraction of sp³-hybridized carbons (Fsp3) is 0.190. The average molecular weight is 393 g/mol. The molecule has 1 aliphatic heterocycles. The van der Waals surface area contributed by atoms with Crippen molar-refractivity contribution in [1.82, 2.24) is 14.5 Å². The molecule has 0 unspecified atom stereocenters. The number of rotatable bonds is 7. The van der Waals surface area contributed by atoms with Gasteiger partial charge in [-0.3, -0.25) is 19.1 Å². The molecule has 0 saturated heterocycles. The summed E-state index contributed by atoms with van der Waals surface area (Å²) < 4.78 is 7.20. The summed E-state index contributed by atoms with van der Waals surface area (Å²) in [6.45, 7) is 0.405. The van der Waals surface area contributed by atoms with Gasteiger partial charge in [0.1, 0.15) is 5.75 Å². The maximum Gasteiger partial charge on any atom is 0.261 e. The molecule has 2 amide bonds. The molecular weight excluding hydrogens is 374 g/mol. The number of ether oxygens (including phenoxy) is 1. The maximum atomic E-state index is 12.4. The first-order valence-corrected chi connectivity index (χ1v) is 9.93. The van der Waals surface area contributed by atoms with Crippen molar-refractivity contribution in [2.24, 2.45) is 0 Å². The highest BCUT2D eigenvalue weighted by Crippen LogP contribution is 2.25. The topological polar surface area (TPSA) is 64.4 Å². The lowest BCUT2D eigenvalue weighted by molar-refractivity contribution is 0.0655. The molecule has 1 aromatic heterocycles. The standard InChI is InChI=1S/C21H19N3O3S/c1-27-16-9-7-15(8-10-16)23-13-11-22-21(23)28-14-4-12-24-19(25)17-5-2-3-6-18(17)20(24)26/h2-3,5-11,13H,4,12,14H2,1H3. The molecule has 0 spiro atoms. The molecule has 1 aliphatic rings. The van der Waals surface area contributed by atoms with Gasteiger partial charge in [-0.15, -0.1) is 0 Å². The number of imide groups is 1. The second kappa shape index (κ2) is 7.90. The fourth-order valence-corrected chi connectivity index (χ4v) is 4.06. The van der Waals surface area contributed by atoms with Crippen LogP contribution in [0.25, 0.3) is 5.69 Å². The number of imidazole rings is 1. The Kier molecular flexibility index (Phi) is 5.16. The maximum absolute atomic E-state index is 12.4. The van der Waals surface area contributed by atoms with Crippen molar-refractivity contribution in [2.45, 2.75) is 11.6 Å². The zero-order chi connectivity index (χ0) is 19.5. The molecule has 7 heteroatoms. The van der Waals surface area contributed by atoms with Gasteiger partial charge in [0.05, 0.1) is 18.2 Å². The van der Waals surface area contributed by atoms with Crippen LogP contribution in [0.4, 0.5) is 0 Å². The van der Waals surface area contributed by atoms with E-state index in [0.29, 0.717) is 24.1 Å². The van der Waals surface area contributed by atoms with Gasteiger partial charge < -0.3 is 4.74 Å². The first-order valence-electron chi connectivity index (χ1n) is 8.95. The van der Waals surface area contributed by atoms with Crippen LogP contribution in [0.2, 0.25) is 0 Å². The molecule has 0 aliphatic carbocycles. The van der Waals surface area contributed by atoms with E-state index in [2.05, 4.69) is 4.98 Å². The number of carbonyl (C=O) groups is 2. The Bertz CT molecular complexity index is 979. The van der Waals surface area contributed by atoms with Crippen LogP contribution in [0.3, 0.4) is 0 Å². The highest BCUT2D eigenvalue weighted by atomic mass is 32.2. The number of fused-ring (bicyclic) bond motifs is 1. The van der Waals surface area contributed by atoms with Gasteiger partial charge in [0.25, 0.3) is 11.8 Å². The van der Waals surface area contributed by atoms with Crippen molar-refractivity contribution in [1.29, 1.82) is 0 Å². The van der Waals surface area contributed by atoms with Gasteiger partial charge >= 0.3 is 0 Å². The van der Waals surface area contributed by atoms with Crippen LogP contribution in [-0.4, -0.2) is 45.7 Å². The van der Waals surface area contributed by atoms with Crippen molar-refractivity contribution in [3.8, 4) is 11.4 Å². The van der Waals surface area contributed by atoms with Gasteiger partial charge in [0, 0.05) is 30.4 Å². The summed E-state index contributed by atoms with van der Waals surface area (Å²) in [5, 5.41) is 0.868. The highest BCUT2D eigenvalue weighted by Gasteiger charge is 2.34. The summed E-state index contributed by atoms with van der Waals surface area (Å²) in [6.07, 6.45) is 4.37. The van der Waals surface area contributed by atoms with E-state index in [4.69, 9.17) is 4.74 Å². The van der Waals surface area contributed by atoms with Crippen LogP contribution < -0.4 is 4.74 Å². The second-order valence-electron chi connectivity index (χ2n) is 6.29. The molecule has 3 aromatic rings. The molecule has 142 valence electrons. The molecule has 2 aromatic carbocycles. The lowest BCUT2D eigenvalue weighted by Gasteiger charge is -2.13. The Labute approximate surface area is 167 Å². The van der Waals surface area contributed by atoms with Gasteiger partial charge in [0.15, 0.2) is 5.16 Å². The highest BCUT2D eigenvalue weighted by molar-refractivity contribution is 7.99. The van der Waals surface area contributed by atoms with E-state index in [1.54, 1.807) is 49.3 Å². The van der Waals surface area contributed by atoms with Crippen molar-refractivity contribution in [2.75, 3.05) is 19.4 Å². The molecule has 0 N–H and O–H groups in total. The van der Waals surface area contributed by atoms with E-state index >= 15 is 0 Å². The van der Waals surface area contributed by atoms with Crippen molar-refractivity contribution in [3.63, 3.8) is 0 Å². The minimum atomic E-state index is -0.203. The molecule has 0 radical (unpaired) electrons. The van der Waals surface area contributed by atoms with Crippen molar-refractivity contribution >= 4 is 23.6 Å². The van der Waals surface area contributed by atoms with Gasteiger partial charge in [0.2, 0.25) is 0 Å². The predicted octanol–water partition coefficient (Wildman–Crippen LogP) is 3.66. The van der Waals surface area contributed by atoms with E-state index in [0.717, 1.165) is 22.3 Å². The number of benzene rings is 2. The largest absolute Gasteiger partial charge is 0.497 e. The molecular formula is C21H19N3O3S.